The largest absolute Gasteiger partial charge is 0.497 e. The Morgan fingerprint density at radius 1 is 1.22 bits per heavy atom. The van der Waals surface area contributed by atoms with Crippen molar-refractivity contribution in [1.29, 1.82) is 0 Å². The van der Waals surface area contributed by atoms with E-state index in [0.29, 0.717) is 11.3 Å². The summed E-state index contributed by atoms with van der Waals surface area (Å²) in [5.41, 5.74) is 0.568. The van der Waals surface area contributed by atoms with E-state index in [1.807, 2.05) is 0 Å². The quantitative estimate of drug-likeness (QED) is 0.745. The highest BCUT2D eigenvalue weighted by Gasteiger charge is 2.19. The van der Waals surface area contributed by atoms with Crippen LogP contribution in [0.4, 0.5) is 0 Å². The van der Waals surface area contributed by atoms with Crippen molar-refractivity contribution >= 4 is 11.9 Å². The van der Waals surface area contributed by atoms with Gasteiger partial charge < -0.3 is 20.1 Å². The van der Waals surface area contributed by atoms with Crippen molar-refractivity contribution in [2.24, 2.45) is 0 Å². The molecule has 1 amide bonds. The van der Waals surface area contributed by atoms with Gasteiger partial charge in [-0.2, -0.15) is 0 Å². The summed E-state index contributed by atoms with van der Waals surface area (Å²) in [6, 6.07) is 8.68. The van der Waals surface area contributed by atoms with Crippen molar-refractivity contribution < 1.29 is 19.4 Å². The second kappa shape index (κ2) is 7.26. The molecule has 0 spiro atoms. The zero-order valence-electron chi connectivity index (χ0n) is 12.4. The van der Waals surface area contributed by atoms with Gasteiger partial charge in [0.1, 0.15) is 5.75 Å². The first-order valence-electron chi connectivity index (χ1n) is 6.85. The van der Waals surface area contributed by atoms with Crippen molar-refractivity contribution in [3.63, 3.8) is 0 Å². The first-order valence-corrected chi connectivity index (χ1v) is 6.85. The normalized spacial score (nSPS) is 11.5. The summed E-state index contributed by atoms with van der Waals surface area (Å²) >= 11 is 0. The number of carbonyl (C=O) groups excluding carboxylic acids is 1. The van der Waals surface area contributed by atoms with Crippen LogP contribution in [0, 0.1) is 0 Å². The summed E-state index contributed by atoms with van der Waals surface area (Å²) < 4.78 is 5.05. The molecule has 120 valence electrons. The van der Waals surface area contributed by atoms with E-state index in [1.165, 1.54) is 25.4 Å². The molecule has 1 aromatic carbocycles. The van der Waals surface area contributed by atoms with Crippen LogP contribution in [0.2, 0.25) is 0 Å². The number of carboxylic acid groups (broad SMARTS) is 1. The molecule has 0 aliphatic rings. The highest BCUT2D eigenvalue weighted by molar-refractivity contribution is 5.94. The molecule has 1 heterocycles. The third-order valence-electron chi connectivity index (χ3n) is 3.25. The highest BCUT2D eigenvalue weighted by Crippen LogP contribution is 2.20. The number of amides is 1. The molecule has 0 radical (unpaired) electrons. The van der Waals surface area contributed by atoms with E-state index < -0.39 is 17.9 Å². The summed E-state index contributed by atoms with van der Waals surface area (Å²) in [4.78, 5) is 36.7. The number of carboxylic acids is 1. The van der Waals surface area contributed by atoms with Crippen molar-refractivity contribution in [3.8, 4) is 5.75 Å². The molecule has 0 unspecified atom stereocenters. The molecule has 1 atom stereocenters. The second-order valence-corrected chi connectivity index (χ2v) is 4.84. The molecule has 0 saturated carbocycles. The summed E-state index contributed by atoms with van der Waals surface area (Å²) in [6.45, 7) is 0. The molecule has 7 nitrogen and oxygen atoms in total. The number of aromatic nitrogens is 1. The van der Waals surface area contributed by atoms with Crippen LogP contribution in [0.5, 0.6) is 5.75 Å². The average molecular weight is 316 g/mol. The lowest BCUT2D eigenvalue weighted by molar-refractivity contribution is -0.137. The van der Waals surface area contributed by atoms with Crippen LogP contribution in [0.3, 0.4) is 0 Å². The third kappa shape index (κ3) is 4.44. The minimum atomic E-state index is -1.03. The standard InChI is InChI=1S/C16H16N2O5/c1-23-12-5-2-10(3-6-12)13(8-15(20)21)18-16(22)11-4-7-14(19)17-9-11/h2-7,9,13H,8H2,1H3,(H,17,19)(H,18,22)(H,20,21)/t13-/m1/s1. The molecular weight excluding hydrogens is 300 g/mol. The summed E-state index contributed by atoms with van der Waals surface area (Å²) in [6.07, 6.45) is 1.02. The number of pyridine rings is 1. The Morgan fingerprint density at radius 2 is 1.91 bits per heavy atom. The van der Waals surface area contributed by atoms with Crippen LogP contribution < -0.4 is 15.6 Å². The number of hydrogen-bond acceptors (Lipinski definition) is 4. The van der Waals surface area contributed by atoms with Crippen LogP contribution in [0.15, 0.2) is 47.4 Å². The number of rotatable bonds is 6. The summed E-state index contributed by atoms with van der Waals surface area (Å²) in [5.74, 6) is -0.870. The van der Waals surface area contributed by atoms with E-state index in [-0.39, 0.29) is 17.5 Å². The van der Waals surface area contributed by atoms with Gasteiger partial charge in [-0.1, -0.05) is 12.1 Å². The van der Waals surface area contributed by atoms with Gasteiger partial charge in [0.05, 0.1) is 25.1 Å². The van der Waals surface area contributed by atoms with Gasteiger partial charge in [-0.05, 0) is 23.8 Å². The molecule has 3 N–H and O–H groups in total. The van der Waals surface area contributed by atoms with E-state index in [0.717, 1.165) is 0 Å². The first kappa shape index (κ1) is 16.3. The topological polar surface area (TPSA) is 108 Å². The Labute approximate surface area is 131 Å². The second-order valence-electron chi connectivity index (χ2n) is 4.84. The van der Waals surface area contributed by atoms with Gasteiger partial charge in [0.25, 0.3) is 5.91 Å². The Morgan fingerprint density at radius 3 is 2.43 bits per heavy atom. The molecular formula is C16H16N2O5. The smallest absolute Gasteiger partial charge is 0.305 e. The van der Waals surface area contributed by atoms with Gasteiger partial charge in [0.2, 0.25) is 5.56 Å². The van der Waals surface area contributed by atoms with Crippen LogP contribution in [0.25, 0.3) is 0 Å². The Kier molecular flexibility index (Phi) is 5.14. The lowest BCUT2D eigenvalue weighted by atomic mass is 10.0. The van der Waals surface area contributed by atoms with Crippen LogP contribution in [-0.2, 0) is 4.79 Å². The van der Waals surface area contributed by atoms with Gasteiger partial charge in [0, 0.05) is 12.3 Å². The van der Waals surface area contributed by atoms with E-state index in [4.69, 9.17) is 9.84 Å². The monoisotopic (exact) mass is 316 g/mol. The first-order chi connectivity index (χ1) is 11.0. The summed E-state index contributed by atoms with van der Waals surface area (Å²) in [7, 11) is 1.53. The number of aromatic amines is 1. The van der Waals surface area contributed by atoms with Crippen molar-refractivity contribution in [2.75, 3.05) is 7.11 Å². The number of H-pyrrole nitrogens is 1. The molecule has 0 aliphatic carbocycles. The van der Waals surface area contributed by atoms with Crippen LogP contribution >= 0.6 is 0 Å². The molecule has 1 aromatic heterocycles. The number of carbonyl (C=O) groups is 2. The van der Waals surface area contributed by atoms with Crippen molar-refractivity contribution in [1.82, 2.24) is 10.3 Å². The number of benzene rings is 1. The van der Waals surface area contributed by atoms with Crippen LogP contribution in [-0.4, -0.2) is 29.1 Å². The maximum Gasteiger partial charge on any atom is 0.305 e. The third-order valence-corrected chi connectivity index (χ3v) is 3.25. The van der Waals surface area contributed by atoms with Gasteiger partial charge in [-0.3, -0.25) is 14.4 Å². The zero-order chi connectivity index (χ0) is 16.8. The maximum absolute atomic E-state index is 12.2. The maximum atomic E-state index is 12.2. The fourth-order valence-corrected chi connectivity index (χ4v) is 2.06. The summed E-state index contributed by atoms with van der Waals surface area (Å²) in [5, 5.41) is 11.7. The molecule has 0 fully saturated rings. The number of hydrogen-bond donors (Lipinski definition) is 3. The van der Waals surface area contributed by atoms with Crippen molar-refractivity contribution in [3.05, 3.63) is 64.1 Å². The predicted molar refractivity (Wildman–Crippen MR) is 82.5 cm³/mol. The Hall–Kier alpha value is -3.09. The molecule has 2 rings (SSSR count). The fraction of sp³-hybridized carbons (Fsp3) is 0.188. The number of methoxy groups -OCH3 is 1. The van der Waals surface area contributed by atoms with Crippen LogP contribution in [0.1, 0.15) is 28.4 Å². The Bertz CT molecular complexity index is 731. The van der Waals surface area contributed by atoms with Crippen molar-refractivity contribution in [2.45, 2.75) is 12.5 Å². The molecule has 2 aromatic rings. The highest BCUT2D eigenvalue weighted by atomic mass is 16.5. The minimum absolute atomic E-state index is 0.244. The number of ether oxygens (including phenoxy) is 1. The lowest BCUT2D eigenvalue weighted by Crippen LogP contribution is -2.30. The van der Waals surface area contributed by atoms with E-state index >= 15 is 0 Å². The molecule has 0 bridgehead atoms. The predicted octanol–water partition coefficient (Wildman–Crippen LogP) is 1.33. The van der Waals surface area contributed by atoms with Gasteiger partial charge in [-0.25, -0.2) is 0 Å². The van der Waals surface area contributed by atoms with Gasteiger partial charge in [0.15, 0.2) is 0 Å². The minimum Gasteiger partial charge on any atom is -0.497 e. The SMILES string of the molecule is COc1ccc([C@@H](CC(=O)O)NC(=O)c2ccc(=O)[nH]c2)cc1. The Balaban J connectivity index is 2.20. The molecule has 0 aliphatic heterocycles. The zero-order valence-corrected chi connectivity index (χ0v) is 12.4. The molecule has 23 heavy (non-hydrogen) atoms. The van der Waals surface area contributed by atoms with E-state index in [9.17, 15) is 14.4 Å². The van der Waals surface area contributed by atoms with E-state index in [2.05, 4.69) is 10.3 Å². The lowest BCUT2D eigenvalue weighted by Gasteiger charge is -2.17. The molecule has 0 saturated heterocycles. The number of aliphatic carboxylic acids is 1. The average Bonchev–Trinajstić information content (AvgIpc) is 2.54. The van der Waals surface area contributed by atoms with Gasteiger partial charge in [-0.15, -0.1) is 0 Å². The molecule has 7 heteroatoms. The fourth-order valence-electron chi connectivity index (χ4n) is 2.06. The number of nitrogens with one attached hydrogen (secondary N) is 2. The van der Waals surface area contributed by atoms with E-state index in [1.54, 1.807) is 24.3 Å². The van der Waals surface area contributed by atoms with Gasteiger partial charge >= 0.3 is 5.97 Å².